The number of ketones is 1. The van der Waals surface area contributed by atoms with Crippen LogP contribution in [0, 0.1) is 5.82 Å². The van der Waals surface area contributed by atoms with Crippen LogP contribution in [0.25, 0.3) is 6.08 Å². The molecule has 0 spiro atoms. The highest BCUT2D eigenvalue weighted by molar-refractivity contribution is 9.10. The van der Waals surface area contributed by atoms with Crippen molar-refractivity contribution in [3.8, 4) is 0 Å². The zero-order valence-electron chi connectivity index (χ0n) is 5.97. The lowest BCUT2D eigenvalue weighted by molar-refractivity contribution is 0.105. The molecule has 1 aliphatic carbocycles. The molecule has 1 aromatic rings. The van der Waals surface area contributed by atoms with Crippen LogP contribution in [0.5, 0.6) is 0 Å². The lowest BCUT2D eigenvalue weighted by Crippen LogP contribution is -1.93. The number of fused-ring (bicyclic) bond motifs is 1. The van der Waals surface area contributed by atoms with E-state index >= 15 is 0 Å². The highest BCUT2D eigenvalue weighted by Crippen LogP contribution is 2.27. The number of carbonyl (C=O) groups excluding carboxylic acids is 1. The van der Waals surface area contributed by atoms with Gasteiger partial charge >= 0.3 is 0 Å². The largest absolute Gasteiger partial charge is 0.289 e. The van der Waals surface area contributed by atoms with Crippen LogP contribution in [0.3, 0.4) is 0 Å². The molecule has 1 nitrogen and oxygen atoms in total. The number of benzene rings is 1. The summed E-state index contributed by atoms with van der Waals surface area (Å²) < 4.78 is 13.6. The molecule has 0 bridgehead atoms. The molecular weight excluding hydrogens is 223 g/mol. The number of carbonyl (C=O) groups is 1. The van der Waals surface area contributed by atoms with Crippen LogP contribution in [0.15, 0.2) is 22.7 Å². The number of hydrogen-bond acceptors (Lipinski definition) is 1. The summed E-state index contributed by atoms with van der Waals surface area (Å²) in [5, 5.41) is 0. The van der Waals surface area contributed by atoms with Gasteiger partial charge in [-0.3, -0.25) is 4.79 Å². The number of rotatable bonds is 0. The SMILES string of the molecule is O=C1C=Cc2c1ccc(Br)c2F. The fraction of sp³-hybridized carbons (Fsp3) is 0. The predicted molar refractivity (Wildman–Crippen MR) is 47.5 cm³/mol. The lowest BCUT2D eigenvalue weighted by atomic mass is 10.1. The highest BCUT2D eigenvalue weighted by atomic mass is 79.9. The van der Waals surface area contributed by atoms with E-state index in [-0.39, 0.29) is 11.6 Å². The number of halogens is 2. The molecule has 0 radical (unpaired) electrons. The molecule has 0 N–H and O–H groups in total. The monoisotopic (exact) mass is 226 g/mol. The average Bonchev–Trinajstić information content (AvgIpc) is 2.41. The van der Waals surface area contributed by atoms with E-state index in [4.69, 9.17) is 0 Å². The minimum absolute atomic E-state index is 0.128. The van der Waals surface area contributed by atoms with Gasteiger partial charge in [0.15, 0.2) is 5.78 Å². The number of hydrogen-bond donors (Lipinski definition) is 0. The zero-order valence-corrected chi connectivity index (χ0v) is 7.56. The molecule has 1 aliphatic rings. The predicted octanol–water partition coefficient (Wildman–Crippen LogP) is 2.80. The van der Waals surface area contributed by atoms with E-state index in [0.717, 1.165) is 0 Å². The van der Waals surface area contributed by atoms with Gasteiger partial charge in [0.05, 0.1) is 4.47 Å². The summed E-state index contributed by atoms with van der Waals surface area (Å²) in [7, 11) is 0. The van der Waals surface area contributed by atoms with Gasteiger partial charge in [0.2, 0.25) is 0 Å². The van der Waals surface area contributed by atoms with Crippen molar-refractivity contribution in [2.24, 2.45) is 0 Å². The maximum absolute atomic E-state index is 13.2. The summed E-state index contributed by atoms with van der Waals surface area (Å²) in [4.78, 5) is 11.1. The summed E-state index contributed by atoms with van der Waals surface area (Å²) in [5.74, 6) is -0.494. The normalized spacial score (nSPS) is 13.7. The molecule has 0 aromatic heterocycles. The van der Waals surface area contributed by atoms with Crippen LogP contribution in [0.1, 0.15) is 15.9 Å². The summed E-state index contributed by atoms with van der Waals surface area (Å²) in [6.07, 6.45) is 2.87. The van der Waals surface area contributed by atoms with Crippen molar-refractivity contribution in [1.29, 1.82) is 0 Å². The van der Waals surface area contributed by atoms with Gasteiger partial charge in [-0.25, -0.2) is 4.39 Å². The van der Waals surface area contributed by atoms with Crippen molar-refractivity contribution >= 4 is 27.8 Å². The summed E-state index contributed by atoms with van der Waals surface area (Å²) in [6.45, 7) is 0. The van der Waals surface area contributed by atoms with Crippen molar-refractivity contribution in [1.82, 2.24) is 0 Å². The van der Waals surface area contributed by atoms with E-state index in [1.807, 2.05) is 0 Å². The fourth-order valence-electron chi connectivity index (χ4n) is 1.19. The molecule has 0 aliphatic heterocycles. The molecule has 2 rings (SSSR count). The Morgan fingerprint density at radius 3 is 2.75 bits per heavy atom. The Morgan fingerprint density at radius 2 is 2.00 bits per heavy atom. The van der Waals surface area contributed by atoms with Gasteiger partial charge in [0.25, 0.3) is 0 Å². The van der Waals surface area contributed by atoms with Gasteiger partial charge in [0.1, 0.15) is 5.82 Å². The molecule has 0 saturated carbocycles. The smallest absolute Gasteiger partial charge is 0.186 e. The second-order valence-corrected chi connectivity index (χ2v) is 3.37. The van der Waals surface area contributed by atoms with Crippen LogP contribution >= 0.6 is 15.9 Å². The molecule has 0 atom stereocenters. The van der Waals surface area contributed by atoms with Gasteiger partial charge in [-0.05, 0) is 40.2 Å². The zero-order chi connectivity index (χ0) is 8.72. The molecule has 0 heterocycles. The first-order valence-corrected chi connectivity index (χ1v) is 4.20. The van der Waals surface area contributed by atoms with E-state index in [1.54, 1.807) is 12.1 Å². The van der Waals surface area contributed by atoms with Crippen LogP contribution in [-0.4, -0.2) is 5.78 Å². The molecule has 0 amide bonds. The van der Waals surface area contributed by atoms with Gasteiger partial charge < -0.3 is 0 Å². The first kappa shape index (κ1) is 7.68. The van der Waals surface area contributed by atoms with E-state index in [1.165, 1.54) is 12.2 Å². The van der Waals surface area contributed by atoms with Crippen LogP contribution in [-0.2, 0) is 0 Å². The first-order chi connectivity index (χ1) is 5.70. The van der Waals surface area contributed by atoms with Crippen LogP contribution < -0.4 is 0 Å². The van der Waals surface area contributed by atoms with E-state index < -0.39 is 0 Å². The molecule has 60 valence electrons. The Bertz CT molecular complexity index is 396. The molecule has 3 heteroatoms. The molecule has 0 fully saturated rings. The van der Waals surface area contributed by atoms with Crippen LogP contribution in [0.2, 0.25) is 0 Å². The van der Waals surface area contributed by atoms with Gasteiger partial charge in [-0.15, -0.1) is 0 Å². The van der Waals surface area contributed by atoms with Crippen molar-refractivity contribution in [3.05, 3.63) is 39.6 Å². The topological polar surface area (TPSA) is 17.1 Å². The Balaban J connectivity index is 2.75. The number of allylic oxidation sites excluding steroid dienone is 1. The molecule has 0 unspecified atom stereocenters. The first-order valence-electron chi connectivity index (χ1n) is 3.40. The summed E-state index contributed by atoms with van der Waals surface area (Å²) >= 11 is 3.05. The summed E-state index contributed by atoms with van der Waals surface area (Å²) in [6, 6.07) is 3.16. The minimum Gasteiger partial charge on any atom is -0.289 e. The Morgan fingerprint density at radius 1 is 1.25 bits per heavy atom. The second kappa shape index (κ2) is 2.52. The molecular formula is C9H4BrFO. The van der Waals surface area contributed by atoms with Gasteiger partial charge in [0, 0.05) is 11.1 Å². The van der Waals surface area contributed by atoms with Gasteiger partial charge in [-0.2, -0.15) is 0 Å². The summed E-state index contributed by atoms with van der Waals surface area (Å²) in [5.41, 5.74) is 0.824. The van der Waals surface area contributed by atoms with Crippen LogP contribution in [0.4, 0.5) is 4.39 Å². The quantitative estimate of drug-likeness (QED) is 0.665. The second-order valence-electron chi connectivity index (χ2n) is 2.52. The minimum atomic E-state index is -0.366. The standard InChI is InChI=1S/C9H4BrFO/c10-7-3-1-5-6(9(7)11)2-4-8(5)12/h1-4H. The van der Waals surface area contributed by atoms with Crippen molar-refractivity contribution in [3.63, 3.8) is 0 Å². The van der Waals surface area contributed by atoms with E-state index in [9.17, 15) is 9.18 Å². The maximum Gasteiger partial charge on any atom is 0.186 e. The van der Waals surface area contributed by atoms with Crippen molar-refractivity contribution in [2.45, 2.75) is 0 Å². The van der Waals surface area contributed by atoms with Gasteiger partial charge in [-0.1, -0.05) is 0 Å². The van der Waals surface area contributed by atoms with Crippen molar-refractivity contribution in [2.75, 3.05) is 0 Å². The third-order valence-corrected chi connectivity index (χ3v) is 2.41. The Kier molecular flexibility index (Phi) is 1.61. The third-order valence-electron chi connectivity index (χ3n) is 1.80. The molecule has 12 heavy (non-hydrogen) atoms. The fourth-order valence-corrected chi connectivity index (χ4v) is 1.54. The Hall–Kier alpha value is -0.960. The van der Waals surface area contributed by atoms with Crippen molar-refractivity contribution < 1.29 is 9.18 Å². The van der Waals surface area contributed by atoms with E-state index in [2.05, 4.69) is 15.9 Å². The maximum atomic E-state index is 13.2. The lowest BCUT2D eigenvalue weighted by Gasteiger charge is -1.99. The van der Waals surface area contributed by atoms with E-state index in [0.29, 0.717) is 15.6 Å². The average molecular weight is 227 g/mol. The molecule has 1 aromatic carbocycles. The Labute approximate surface area is 77.0 Å². The third kappa shape index (κ3) is 0.932. The molecule has 0 saturated heterocycles. The highest BCUT2D eigenvalue weighted by Gasteiger charge is 2.18.